The molecule has 1 aromatic rings. The lowest BCUT2D eigenvalue weighted by Crippen LogP contribution is -2.23. The molecule has 1 heterocycles. The van der Waals surface area contributed by atoms with Crippen LogP contribution in [-0.2, 0) is 6.54 Å². The third-order valence-corrected chi connectivity index (χ3v) is 5.72. The molecule has 0 amide bonds. The van der Waals surface area contributed by atoms with Crippen molar-refractivity contribution < 1.29 is 0 Å². The molecule has 0 aromatic heterocycles. The number of hydrogen-bond acceptors (Lipinski definition) is 1. The first kappa shape index (κ1) is 14.9. The van der Waals surface area contributed by atoms with Crippen LogP contribution in [0.25, 0.3) is 0 Å². The molecule has 2 heteroatoms. The number of rotatable bonds is 2. The van der Waals surface area contributed by atoms with Gasteiger partial charge in [-0.15, -0.1) is 5.54 Å². The van der Waals surface area contributed by atoms with Gasteiger partial charge in [0.05, 0.1) is 6.04 Å². The highest BCUT2D eigenvalue weighted by atomic mass is 28.3. The highest BCUT2D eigenvalue weighted by molar-refractivity contribution is 6.83. The molecule has 2 unspecified atom stereocenters. The molecular weight excluding hydrogens is 270 g/mol. The largest absolute Gasteiger partial charge is 0.276 e. The molecule has 1 saturated carbocycles. The van der Waals surface area contributed by atoms with Crippen LogP contribution in [-0.4, -0.2) is 24.6 Å². The minimum absolute atomic E-state index is 0.417. The minimum Gasteiger partial charge on any atom is -0.276 e. The SMILES string of the molecule is C[Si](C)(C)C#CC1N(Cc2ccccc2)C12CCCCC2. The van der Waals surface area contributed by atoms with Gasteiger partial charge in [0.1, 0.15) is 8.07 Å². The summed E-state index contributed by atoms with van der Waals surface area (Å²) >= 11 is 0. The van der Waals surface area contributed by atoms with E-state index in [0.29, 0.717) is 11.6 Å². The Hall–Kier alpha value is -1.04. The summed E-state index contributed by atoms with van der Waals surface area (Å²) in [7, 11) is -1.27. The van der Waals surface area contributed by atoms with Crippen LogP contribution in [0.2, 0.25) is 19.6 Å². The lowest BCUT2D eigenvalue weighted by molar-refractivity contribution is 0.307. The summed E-state index contributed by atoms with van der Waals surface area (Å²) in [6, 6.07) is 11.4. The zero-order valence-electron chi connectivity index (χ0n) is 13.7. The smallest absolute Gasteiger partial charge is 0.129 e. The Labute approximate surface area is 130 Å². The van der Waals surface area contributed by atoms with E-state index >= 15 is 0 Å². The quantitative estimate of drug-likeness (QED) is 0.442. The molecule has 112 valence electrons. The lowest BCUT2D eigenvalue weighted by atomic mass is 9.86. The van der Waals surface area contributed by atoms with E-state index in [1.165, 1.54) is 37.7 Å². The van der Waals surface area contributed by atoms with E-state index in [0.717, 1.165) is 6.54 Å². The van der Waals surface area contributed by atoms with Crippen molar-refractivity contribution in [2.24, 2.45) is 0 Å². The molecule has 3 rings (SSSR count). The summed E-state index contributed by atoms with van der Waals surface area (Å²) in [6.07, 6.45) is 6.89. The van der Waals surface area contributed by atoms with Crippen LogP contribution < -0.4 is 0 Å². The van der Waals surface area contributed by atoms with Gasteiger partial charge in [0.15, 0.2) is 0 Å². The Kier molecular flexibility index (Phi) is 3.99. The van der Waals surface area contributed by atoms with Crippen molar-refractivity contribution in [3.05, 3.63) is 35.9 Å². The van der Waals surface area contributed by atoms with Crippen molar-refractivity contribution in [2.45, 2.75) is 69.9 Å². The Bertz CT molecular complexity index is 540. The zero-order valence-corrected chi connectivity index (χ0v) is 14.7. The van der Waals surface area contributed by atoms with Crippen molar-refractivity contribution >= 4 is 8.07 Å². The average molecular weight is 298 g/mol. The summed E-state index contributed by atoms with van der Waals surface area (Å²) < 4.78 is 0. The maximum atomic E-state index is 3.67. The molecular formula is C19H27NSi. The van der Waals surface area contributed by atoms with E-state index in [4.69, 9.17) is 0 Å². The fourth-order valence-corrected chi connectivity index (χ4v) is 4.26. The van der Waals surface area contributed by atoms with Gasteiger partial charge in [-0.05, 0) is 18.4 Å². The predicted octanol–water partition coefficient (Wildman–Crippen LogP) is 4.45. The van der Waals surface area contributed by atoms with E-state index in [2.05, 4.69) is 66.3 Å². The van der Waals surface area contributed by atoms with Crippen LogP contribution in [0.3, 0.4) is 0 Å². The maximum Gasteiger partial charge on any atom is 0.129 e. The van der Waals surface area contributed by atoms with Crippen LogP contribution in [0, 0.1) is 11.5 Å². The number of benzene rings is 1. The van der Waals surface area contributed by atoms with E-state index < -0.39 is 8.07 Å². The first-order chi connectivity index (χ1) is 10.0. The van der Waals surface area contributed by atoms with Gasteiger partial charge in [-0.2, -0.15) is 0 Å². The zero-order chi connectivity index (χ0) is 14.9. The van der Waals surface area contributed by atoms with Gasteiger partial charge in [0, 0.05) is 12.1 Å². The summed E-state index contributed by atoms with van der Waals surface area (Å²) in [6.45, 7) is 8.11. The second kappa shape index (κ2) is 5.63. The van der Waals surface area contributed by atoms with E-state index in [1.807, 2.05) is 0 Å². The second-order valence-corrected chi connectivity index (χ2v) is 12.4. The van der Waals surface area contributed by atoms with Crippen molar-refractivity contribution in [1.29, 1.82) is 0 Å². The molecule has 0 radical (unpaired) electrons. The predicted molar refractivity (Wildman–Crippen MR) is 92.7 cm³/mol. The standard InChI is InChI=1S/C19H27NSi/c1-21(2,3)15-12-18-19(13-8-5-9-14-19)20(18)16-17-10-6-4-7-11-17/h4,6-7,10-11,18H,5,8-9,13-14,16H2,1-3H3. The molecule has 2 atom stereocenters. The average Bonchev–Trinajstić information content (AvgIpc) is 3.02. The molecule has 1 saturated heterocycles. The molecule has 1 aliphatic carbocycles. The van der Waals surface area contributed by atoms with Crippen LogP contribution in [0.15, 0.2) is 30.3 Å². The van der Waals surface area contributed by atoms with Gasteiger partial charge >= 0.3 is 0 Å². The molecule has 2 fully saturated rings. The van der Waals surface area contributed by atoms with Gasteiger partial charge in [-0.3, -0.25) is 4.90 Å². The van der Waals surface area contributed by atoms with Crippen LogP contribution in [0.4, 0.5) is 0 Å². The van der Waals surface area contributed by atoms with E-state index in [-0.39, 0.29) is 0 Å². The van der Waals surface area contributed by atoms with E-state index in [1.54, 1.807) is 0 Å². The molecule has 0 N–H and O–H groups in total. The number of hydrogen-bond donors (Lipinski definition) is 0. The van der Waals surface area contributed by atoms with Gasteiger partial charge in [-0.25, -0.2) is 0 Å². The third kappa shape index (κ3) is 3.25. The first-order valence-corrected chi connectivity index (χ1v) is 11.8. The molecule has 0 bridgehead atoms. The third-order valence-electron chi connectivity index (χ3n) is 4.82. The van der Waals surface area contributed by atoms with Gasteiger partial charge in [0.25, 0.3) is 0 Å². The van der Waals surface area contributed by atoms with Gasteiger partial charge in [-0.1, -0.05) is 75.2 Å². The molecule has 1 spiro atoms. The molecule has 21 heavy (non-hydrogen) atoms. The van der Waals surface area contributed by atoms with Crippen LogP contribution in [0.5, 0.6) is 0 Å². The molecule has 1 aromatic carbocycles. The summed E-state index contributed by atoms with van der Waals surface area (Å²) in [5, 5.41) is 0. The topological polar surface area (TPSA) is 3.01 Å². The van der Waals surface area contributed by atoms with Crippen molar-refractivity contribution in [2.75, 3.05) is 0 Å². The van der Waals surface area contributed by atoms with Crippen LogP contribution >= 0.6 is 0 Å². The Morgan fingerprint density at radius 3 is 2.38 bits per heavy atom. The monoisotopic (exact) mass is 297 g/mol. The molecule has 1 aliphatic heterocycles. The summed E-state index contributed by atoms with van der Waals surface area (Å²) in [5.74, 6) is 3.67. The Morgan fingerprint density at radius 1 is 1.10 bits per heavy atom. The van der Waals surface area contributed by atoms with Gasteiger partial charge < -0.3 is 0 Å². The summed E-state index contributed by atoms with van der Waals surface area (Å²) in [5.41, 5.74) is 5.47. The first-order valence-electron chi connectivity index (χ1n) is 8.35. The molecule has 1 nitrogen and oxygen atoms in total. The second-order valence-electron chi connectivity index (χ2n) is 7.70. The highest BCUT2D eigenvalue weighted by Crippen LogP contribution is 2.51. The normalized spacial score (nSPS) is 27.0. The number of nitrogens with zero attached hydrogens (tertiary/aromatic N) is 1. The highest BCUT2D eigenvalue weighted by Gasteiger charge is 2.61. The lowest BCUT2D eigenvalue weighted by Gasteiger charge is -2.22. The fraction of sp³-hybridized carbons (Fsp3) is 0.579. The minimum atomic E-state index is -1.27. The fourth-order valence-electron chi connectivity index (χ4n) is 3.69. The van der Waals surface area contributed by atoms with Crippen LogP contribution in [0.1, 0.15) is 37.7 Å². The van der Waals surface area contributed by atoms with Crippen molar-refractivity contribution in [1.82, 2.24) is 4.90 Å². The van der Waals surface area contributed by atoms with Gasteiger partial charge in [0.2, 0.25) is 0 Å². The van der Waals surface area contributed by atoms with Crippen molar-refractivity contribution in [3.8, 4) is 11.5 Å². The van der Waals surface area contributed by atoms with Crippen molar-refractivity contribution in [3.63, 3.8) is 0 Å². The Balaban J connectivity index is 1.78. The molecule has 2 aliphatic rings. The Morgan fingerprint density at radius 2 is 1.76 bits per heavy atom. The summed E-state index contributed by atoms with van der Waals surface area (Å²) in [4.78, 5) is 2.68. The van der Waals surface area contributed by atoms with E-state index in [9.17, 15) is 0 Å². The maximum absolute atomic E-state index is 3.67.